The van der Waals surface area contributed by atoms with Crippen molar-refractivity contribution >= 4 is 62.3 Å². The minimum Gasteiger partial charge on any atom is -0.354 e. The van der Waals surface area contributed by atoms with Gasteiger partial charge in [0.25, 0.3) is 10.0 Å². The van der Waals surface area contributed by atoms with Crippen LogP contribution in [0, 0.1) is 6.92 Å². The average Bonchev–Trinajstić information content (AvgIpc) is 2.90. The second-order valence-electron chi connectivity index (χ2n) is 8.94. The Kier molecular flexibility index (Phi) is 10.7. The monoisotopic (exact) mass is 609 g/mol. The molecule has 0 aromatic heterocycles. The van der Waals surface area contributed by atoms with Crippen molar-refractivity contribution in [3.63, 3.8) is 0 Å². The summed E-state index contributed by atoms with van der Waals surface area (Å²) in [5, 5.41) is 3.87. The molecule has 2 amide bonds. The lowest BCUT2D eigenvalue weighted by atomic mass is 10.1. The number of carbonyl (C=O) groups is 2. The summed E-state index contributed by atoms with van der Waals surface area (Å²) < 4.78 is 28.7. The first kappa shape index (κ1) is 30.8. The first-order valence-electron chi connectivity index (χ1n) is 12.3. The summed E-state index contributed by atoms with van der Waals surface area (Å²) in [5.74, 6) is -0.993. The maximum atomic E-state index is 14.0. The lowest BCUT2D eigenvalue weighted by molar-refractivity contribution is -0.139. The van der Waals surface area contributed by atoms with Gasteiger partial charge < -0.3 is 10.2 Å². The highest BCUT2D eigenvalue weighted by Crippen LogP contribution is 2.30. The molecule has 7 nitrogen and oxygen atoms in total. The third kappa shape index (κ3) is 7.45. The van der Waals surface area contributed by atoms with E-state index in [1.54, 1.807) is 68.4 Å². The second-order valence-corrected chi connectivity index (χ2v) is 12.1. The maximum absolute atomic E-state index is 14.0. The third-order valence-corrected chi connectivity index (χ3v) is 8.86. The number of hydrogen-bond donors (Lipinski definition) is 1. The van der Waals surface area contributed by atoms with Gasteiger partial charge in [-0.05, 0) is 68.3 Å². The van der Waals surface area contributed by atoms with Gasteiger partial charge in [0.2, 0.25) is 11.8 Å². The molecule has 1 atom stereocenters. The summed E-state index contributed by atoms with van der Waals surface area (Å²) >= 11 is 18.9. The normalized spacial score (nSPS) is 12.1. The Morgan fingerprint density at radius 2 is 1.59 bits per heavy atom. The number of nitrogens with zero attached hydrogens (tertiary/aromatic N) is 2. The molecule has 0 saturated carbocycles. The predicted molar refractivity (Wildman–Crippen MR) is 157 cm³/mol. The fourth-order valence-corrected chi connectivity index (χ4v) is 6.21. The van der Waals surface area contributed by atoms with Crippen LogP contribution in [0.2, 0.25) is 15.1 Å². The highest BCUT2D eigenvalue weighted by Gasteiger charge is 2.33. The van der Waals surface area contributed by atoms with Crippen LogP contribution in [0.5, 0.6) is 0 Å². The summed E-state index contributed by atoms with van der Waals surface area (Å²) in [6.45, 7) is 4.96. The van der Waals surface area contributed by atoms with Crippen LogP contribution in [0.1, 0.15) is 31.4 Å². The summed E-state index contributed by atoms with van der Waals surface area (Å²) in [6.07, 6.45) is 0.710. The minimum absolute atomic E-state index is 0.0154. The number of amides is 2. The van der Waals surface area contributed by atoms with E-state index in [-0.39, 0.29) is 23.0 Å². The first-order chi connectivity index (χ1) is 18.5. The van der Waals surface area contributed by atoms with Gasteiger partial charge >= 0.3 is 0 Å². The van der Waals surface area contributed by atoms with Crippen molar-refractivity contribution in [1.82, 2.24) is 10.2 Å². The van der Waals surface area contributed by atoms with Crippen molar-refractivity contribution in [3.8, 4) is 0 Å². The maximum Gasteiger partial charge on any atom is 0.264 e. The van der Waals surface area contributed by atoms with Crippen LogP contribution in [-0.4, -0.2) is 44.3 Å². The Morgan fingerprint density at radius 1 is 0.949 bits per heavy atom. The lowest BCUT2D eigenvalue weighted by Gasteiger charge is -2.32. The summed E-state index contributed by atoms with van der Waals surface area (Å²) in [6, 6.07) is 16.6. The van der Waals surface area contributed by atoms with Gasteiger partial charge in [-0.2, -0.15) is 0 Å². The van der Waals surface area contributed by atoms with E-state index in [1.807, 2.05) is 6.92 Å². The molecule has 1 N–H and O–H groups in total. The second kappa shape index (κ2) is 13.5. The quantitative estimate of drug-likeness (QED) is 0.285. The van der Waals surface area contributed by atoms with Gasteiger partial charge in [0.15, 0.2) is 0 Å². The van der Waals surface area contributed by atoms with Gasteiger partial charge in [0.1, 0.15) is 12.6 Å². The fourth-order valence-electron chi connectivity index (χ4n) is 3.96. The van der Waals surface area contributed by atoms with E-state index in [1.165, 1.54) is 17.0 Å². The summed E-state index contributed by atoms with van der Waals surface area (Å²) in [5.41, 5.74) is 1.30. The molecule has 11 heteroatoms. The van der Waals surface area contributed by atoms with Crippen LogP contribution in [0.25, 0.3) is 0 Å². The number of sulfonamides is 1. The Labute approximate surface area is 244 Å². The molecule has 0 aliphatic heterocycles. The SMILES string of the molecule is CCCNC(=O)[C@@H](C)N(Cc1c(Cl)cccc1Cl)C(=O)CN(c1ccc(Cl)cc1C)S(=O)(=O)c1ccccc1. The Hall–Kier alpha value is -2.78. The van der Waals surface area contributed by atoms with E-state index >= 15 is 0 Å². The molecule has 0 unspecified atom stereocenters. The molecule has 0 radical (unpaired) electrons. The average molecular weight is 611 g/mol. The number of carbonyl (C=O) groups excluding carboxylic acids is 2. The van der Waals surface area contributed by atoms with E-state index in [2.05, 4.69) is 5.32 Å². The smallest absolute Gasteiger partial charge is 0.264 e. The molecule has 208 valence electrons. The molecule has 39 heavy (non-hydrogen) atoms. The van der Waals surface area contributed by atoms with Crippen molar-refractivity contribution in [1.29, 1.82) is 0 Å². The number of anilines is 1. The van der Waals surface area contributed by atoms with E-state index < -0.39 is 28.5 Å². The van der Waals surface area contributed by atoms with Crippen molar-refractivity contribution in [2.24, 2.45) is 0 Å². The Balaban J connectivity index is 2.08. The highest BCUT2D eigenvalue weighted by molar-refractivity contribution is 7.92. The number of halogens is 3. The molecule has 0 bridgehead atoms. The molecular formula is C28H30Cl3N3O4S. The largest absolute Gasteiger partial charge is 0.354 e. The third-order valence-electron chi connectivity index (χ3n) is 6.14. The van der Waals surface area contributed by atoms with E-state index in [0.29, 0.717) is 39.2 Å². The number of nitrogens with one attached hydrogen (secondary N) is 1. The van der Waals surface area contributed by atoms with Crippen molar-refractivity contribution in [2.75, 3.05) is 17.4 Å². The topological polar surface area (TPSA) is 86.8 Å². The van der Waals surface area contributed by atoms with Gasteiger partial charge in [-0.3, -0.25) is 13.9 Å². The van der Waals surface area contributed by atoms with Gasteiger partial charge in [0.05, 0.1) is 10.6 Å². The zero-order valence-electron chi connectivity index (χ0n) is 21.8. The standard InChI is InChI=1S/C28H30Cl3N3O4S/c1-4-15-32-28(36)20(3)33(17-23-24(30)11-8-12-25(23)31)27(35)18-34(26-14-13-21(29)16-19(26)2)39(37,38)22-9-6-5-7-10-22/h5-14,16,20H,4,15,17-18H2,1-3H3,(H,32,36)/t20-/m1/s1. The van der Waals surface area contributed by atoms with E-state index in [4.69, 9.17) is 34.8 Å². The fraction of sp³-hybridized carbons (Fsp3) is 0.286. The number of benzene rings is 3. The molecule has 0 aliphatic carbocycles. The zero-order valence-corrected chi connectivity index (χ0v) is 24.9. The number of rotatable bonds is 11. The molecule has 0 saturated heterocycles. The molecule has 3 rings (SSSR count). The number of hydrogen-bond acceptors (Lipinski definition) is 4. The van der Waals surface area contributed by atoms with Gasteiger partial charge in [0, 0.05) is 33.7 Å². The summed E-state index contributed by atoms with van der Waals surface area (Å²) in [7, 11) is -4.18. The molecule has 0 fully saturated rings. The molecule has 0 heterocycles. The molecule has 0 spiro atoms. The van der Waals surface area contributed by atoms with Crippen LogP contribution in [0.4, 0.5) is 5.69 Å². The first-order valence-corrected chi connectivity index (χ1v) is 14.9. The summed E-state index contributed by atoms with van der Waals surface area (Å²) in [4.78, 5) is 28.2. The van der Waals surface area contributed by atoms with Crippen LogP contribution in [0.15, 0.2) is 71.6 Å². The zero-order chi connectivity index (χ0) is 28.7. The number of aryl methyl sites for hydroxylation is 1. The van der Waals surface area contributed by atoms with Crippen LogP contribution < -0.4 is 9.62 Å². The molecule has 0 aliphatic rings. The lowest BCUT2D eigenvalue weighted by Crippen LogP contribution is -2.51. The minimum atomic E-state index is -4.18. The van der Waals surface area contributed by atoms with Crippen molar-refractivity contribution in [3.05, 3.63) is 92.9 Å². The van der Waals surface area contributed by atoms with Gasteiger partial charge in [-0.25, -0.2) is 8.42 Å². The molecule has 3 aromatic carbocycles. The molecule has 3 aromatic rings. The molecular weight excluding hydrogens is 581 g/mol. The van der Waals surface area contributed by atoms with E-state index in [9.17, 15) is 18.0 Å². The predicted octanol–water partition coefficient (Wildman–Crippen LogP) is 6.09. The highest BCUT2D eigenvalue weighted by atomic mass is 35.5. The van der Waals surface area contributed by atoms with Gasteiger partial charge in [-0.15, -0.1) is 0 Å². The Morgan fingerprint density at radius 3 is 2.18 bits per heavy atom. The Bertz CT molecular complexity index is 1410. The van der Waals surface area contributed by atoms with Crippen molar-refractivity contribution in [2.45, 2.75) is 44.7 Å². The van der Waals surface area contributed by atoms with Gasteiger partial charge in [-0.1, -0.05) is 66.0 Å². The van der Waals surface area contributed by atoms with Crippen LogP contribution >= 0.6 is 34.8 Å². The van der Waals surface area contributed by atoms with Crippen LogP contribution in [-0.2, 0) is 26.2 Å². The van der Waals surface area contributed by atoms with Crippen molar-refractivity contribution < 1.29 is 18.0 Å². The van der Waals surface area contributed by atoms with E-state index in [0.717, 1.165) is 4.31 Å². The van der Waals surface area contributed by atoms with Crippen LogP contribution in [0.3, 0.4) is 0 Å².